The van der Waals surface area contributed by atoms with Gasteiger partial charge in [0, 0.05) is 18.7 Å². The van der Waals surface area contributed by atoms with Crippen LogP contribution in [0.2, 0.25) is 0 Å². The summed E-state index contributed by atoms with van der Waals surface area (Å²) < 4.78 is 5.73. The van der Waals surface area contributed by atoms with E-state index in [1.54, 1.807) is 25.3 Å². The second kappa shape index (κ2) is 6.39. The van der Waals surface area contributed by atoms with Gasteiger partial charge in [-0.2, -0.15) is 0 Å². The van der Waals surface area contributed by atoms with Crippen LogP contribution in [0.4, 0.5) is 11.4 Å². The van der Waals surface area contributed by atoms with Crippen LogP contribution in [0.5, 0.6) is 5.75 Å². The number of carbonyl (C=O) groups is 1. The first kappa shape index (κ1) is 16.7. The molecule has 0 atom stereocenters. The zero-order chi connectivity index (χ0) is 18.1. The molecule has 0 aliphatic carbocycles. The van der Waals surface area contributed by atoms with E-state index in [1.165, 1.54) is 6.07 Å². The third kappa shape index (κ3) is 3.10. The van der Waals surface area contributed by atoms with E-state index >= 15 is 0 Å². The molecule has 0 fully saturated rings. The van der Waals surface area contributed by atoms with E-state index in [2.05, 4.69) is 5.32 Å². The minimum atomic E-state index is -0.449. The number of ketones is 1. The van der Waals surface area contributed by atoms with Crippen molar-refractivity contribution in [1.29, 1.82) is 0 Å². The first-order valence-electron chi connectivity index (χ1n) is 7.86. The van der Waals surface area contributed by atoms with Crippen LogP contribution in [-0.4, -0.2) is 24.4 Å². The number of aryl methyl sites for hydroxylation is 2. The Morgan fingerprint density at radius 3 is 2.68 bits per heavy atom. The molecule has 128 valence electrons. The van der Waals surface area contributed by atoms with Crippen LogP contribution >= 0.6 is 0 Å². The molecule has 25 heavy (non-hydrogen) atoms. The van der Waals surface area contributed by atoms with Crippen molar-refractivity contribution >= 4 is 23.2 Å². The lowest BCUT2D eigenvalue weighted by molar-refractivity contribution is -0.383. The van der Waals surface area contributed by atoms with Gasteiger partial charge in [-0.05, 0) is 48.7 Å². The molecule has 0 saturated heterocycles. The van der Waals surface area contributed by atoms with Gasteiger partial charge in [-0.25, -0.2) is 0 Å². The van der Waals surface area contributed by atoms with Gasteiger partial charge in [0.1, 0.15) is 18.0 Å². The van der Waals surface area contributed by atoms with E-state index in [4.69, 9.17) is 4.74 Å². The Morgan fingerprint density at radius 1 is 1.24 bits per heavy atom. The van der Waals surface area contributed by atoms with Crippen molar-refractivity contribution in [2.45, 2.75) is 13.8 Å². The van der Waals surface area contributed by atoms with Gasteiger partial charge in [0.25, 0.3) is 5.69 Å². The van der Waals surface area contributed by atoms with Gasteiger partial charge in [0.15, 0.2) is 5.78 Å². The number of nitrogens with zero attached hydrogens (tertiary/aromatic N) is 1. The van der Waals surface area contributed by atoms with E-state index < -0.39 is 4.92 Å². The highest BCUT2D eigenvalue weighted by atomic mass is 16.6. The number of benzene rings is 2. The van der Waals surface area contributed by atoms with Crippen LogP contribution in [0.3, 0.4) is 0 Å². The average Bonchev–Trinajstić information content (AvgIpc) is 2.56. The molecule has 3 rings (SSSR count). The zero-order valence-electron chi connectivity index (χ0n) is 14.3. The van der Waals surface area contributed by atoms with Crippen molar-refractivity contribution in [3.05, 3.63) is 68.3 Å². The molecule has 2 aromatic carbocycles. The summed E-state index contributed by atoms with van der Waals surface area (Å²) in [4.78, 5) is 23.5. The fourth-order valence-corrected chi connectivity index (χ4v) is 3.02. The maximum atomic E-state index is 12.8. The first-order valence-corrected chi connectivity index (χ1v) is 7.86. The number of nitro benzene ring substituents is 1. The number of nitrogens with one attached hydrogen (secondary N) is 1. The predicted octanol–water partition coefficient (Wildman–Crippen LogP) is 3.91. The lowest BCUT2D eigenvalue weighted by Crippen LogP contribution is -2.20. The molecule has 6 nitrogen and oxygen atoms in total. The van der Waals surface area contributed by atoms with Crippen LogP contribution in [0.25, 0.3) is 6.08 Å². The van der Waals surface area contributed by atoms with Crippen molar-refractivity contribution in [2.24, 2.45) is 0 Å². The number of fused-ring (bicyclic) bond motifs is 1. The van der Waals surface area contributed by atoms with Crippen molar-refractivity contribution in [3.8, 4) is 5.75 Å². The number of anilines is 1. The Balaban J connectivity index is 2.02. The number of rotatable bonds is 3. The zero-order valence-corrected chi connectivity index (χ0v) is 14.3. The first-order chi connectivity index (χ1) is 11.9. The van der Waals surface area contributed by atoms with E-state index in [-0.39, 0.29) is 18.1 Å². The molecule has 0 unspecified atom stereocenters. The summed E-state index contributed by atoms with van der Waals surface area (Å²) in [7, 11) is 1.63. The SMILES string of the molecule is CNc1ccc(/C=C2\COc3cc(C)cc(C)c3C2=O)cc1[N+](=O)[O-]. The van der Waals surface area contributed by atoms with Crippen molar-refractivity contribution in [1.82, 2.24) is 0 Å². The van der Waals surface area contributed by atoms with E-state index in [1.807, 2.05) is 26.0 Å². The van der Waals surface area contributed by atoms with Gasteiger partial charge in [-0.15, -0.1) is 0 Å². The monoisotopic (exact) mass is 338 g/mol. The molecule has 0 aromatic heterocycles. The molecule has 0 spiro atoms. The van der Waals surface area contributed by atoms with Crippen LogP contribution in [0.1, 0.15) is 27.0 Å². The molecule has 0 bridgehead atoms. The Hall–Kier alpha value is -3.15. The summed E-state index contributed by atoms with van der Waals surface area (Å²) in [5, 5.41) is 14.0. The average molecular weight is 338 g/mol. The van der Waals surface area contributed by atoms with Crippen molar-refractivity contribution in [2.75, 3.05) is 19.0 Å². The maximum Gasteiger partial charge on any atom is 0.292 e. The summed E-state index contributed by atoms with van der Waals surface area (Å²) in [5.41, 5.74) is 3.92. The molecule has 6 heteroatoms. The van der Waals surface area contributed by atoms with Crippen LogP contribution in [0, 0.1) is 24.0 Å². The highest BCUT2D eigenvalue weighted by Crippen LogP contribution is 2.32. The Kier molecular flexibility index (Phi) is 4.27. The van der Waals surface area contributed by atoms with Gasteiger partial charge in [-0.3, -0.25) is 14.9 Å². The van der Waals surface area contributed by atoms with Gasteiger partial charge in [0.05, 0.1) is 10.5 Å². The van der Waals surface area contributed by atoms with Gasteiger partial charge >= 0.3 is 0 Å². The van der Waals surface area contributed by atoms with E-state index in [9.17, 15) is 14.9 Å². The van der Waals surface area contributed by atoms with Gasteiger partial charge < -0.3 is 10.1 Å². The molecule has 0 amide bonds. The highest BCUT2D eigenvalue weighted by Gasteiger charge is 2.25. The molecule has 0 radical (unpaired) electrons. The molecule has 2 aromatic rings. The van der Waals surface area contributed by atoms with Crippen LogP contribution in [0.15, 0.2) is 35.9 Å². The molecule has 1 N–H and O–H groups in total. The second-order valence-electron chi connectivity index (χ2n) is 6.03. The summed E-state index contributed by atoms with van der Waals surface area (Å²) in [6.45, 7) is 3.98. The maximum absolute atomic E-state index is 12.8. The van der Waals surface area contributed by atoms with Gasteiger partial charge in [0.2, 0.25) is 0 Å². The van der Waals surface area contributed by atoms with Crippen LogP contribution < -0.4 is 10.1 Å². The minimum Gasteiger partial charge on any atom is -0.488 e. The third-order valence-electron chi connectivity index (χ3n) is 4.17. The van der Waals surface area contributed by atoms with Crippen molar-refractivity contribution in [3.63, 3.8) is 0 Å². The molecular weight excluding hydrogens is 320 g/mol. The third-order valence-corrected chi connectivity index (χ3v) is 4.17. The number of ether oxygens (including phenoxy) is 1. The topological polar surface area (TPSA) is 81.5 Å². The number of nitro groups is 1. The largest absolute Gasteiger partial charge is 0.488 e. The van der Waals surface area contributed by atoms with E-state index in [0.29, 0.717) is 28.1 Å². The summed E-state index contributed by atoms with van der Waals surface area (Å²) in [6.07, 6.45) is 1.65. The molecule has 1 aliphatic rings. The molecule has 1 heterocycles. The summed E-state index contributed by atoms with van der Waals surface area (Å²) in [6, 6.07) is 8.60. The number of hydrogen-bond acceptors (Lipinski definition) is 5. The quantitative estimate of drug-likeness (QED) is 0.521. The molecule has 0 saturated carbocycles. The predicted molar refractivity (Wildman–Crippen MR) is 96.4 cm³/mol. The summed E-state index contributed by atoms with van der Waals surface area (Å²) in [5.74, 6) is 0.496. The minimum absolute atomic E-state index is 0.0340. The molecular formula is C19H18N2O4. The highest BCUT2D eigenvalue weighted by molar-refractivity contribution is 6.15. The normalized spacial score (nSPS) is 14.8. The Labute approximate surface area is 145 Å². The number of Topliss-reactive ketones (excluding diaryl/α,β-unsaturated/α-hetero) is 1. The van der Waals surface area contributed by atoms with Gasteiger partial charge in [-0.1, -0.05) is 12.1 Å². The lowest BCUT2D eigenvalue weighted by atomic mass is 9.93. The number of carbonyl (C=O) groups excluding carboxylic acids is 1. The standard InChI is InChI=1S/C19H18N2O4/c1-11-6-12(2)18-17(7-11)25-10-14(19(18)22)8-13-4-5-15(20-3)16(9-13)21(23)24/h4-9,20H,10H2,1-3H3/b14-8+. The second-order valence-corrected chi connectivity index (χ2v) is 6.03. The number of hydrogen-bond donors (Lipinski definition) is 1. The molecule has 1 aliphatic heterocycles. The Morgan fingerprint density at radius 2 is 2.00 bits per heavy atom. The lowest BCUT2D eigenvalue weighted by Gasteiger charge is -2.21. The fraction of sp³-hybridized carbons (Fsp3) is 0.211. The Bertz CT molecular complexity index is 916. The van der Waals surface area contributed by atoms with Crippen molar-refractivity contribution < 1.29 is 14.5 Å². The summed E-state index contributed by atoms with van der Waals surface area (Å²) >= 11 is 0. The smallest absolute Gasteiger partial charge is 0.292 e. The van der Waals surface area contributed by atoms with E-state index in [0.717, 1.165) is 11.1 Å². The fourth-order valence-electron chi connectivity index (χ4n) is 3.02. The van der Waals surface area contributed by atoms with Crippen LogP contribution in [-0.2, 0) is 0 Å².